The van der Waals surface area contributed by atoms with Crippen LogP contribution in [0.25, 0.3) is 0 Å². The van der Waals surface area contributed by atoms with Crippen molar-refractivity contribution in [3.8, 4) is 0 Å². The molecule has 4 heteroatoms. The van der Waals surface area contributed by atoms with Gasteiger partial charge in [0.2, 0.25) is 0 Å². The number of hydrogen-bond acceptors (Lipinski definition) is 4. The van der Waals surface area contributed by atoms with Gasteiger partial charge in [0.25, 0.3) is 0 Å². The average Bonchev–Trinajstić information content (AvgIpc) is 2.16. The fraction of sp³-hybridized carbons (Fsp3) is 0.375. The standard InChI is InChI=1S/C8H11NO2S/c10-5-7(11)6-12-8-3-1-2-4-9-8/h1-4,7,10-11H,5-6H2. The number of nitrogens with zero attached hydrogens (tertiary/aromatic N) is 1. The summed E-state index contributed by atoms with van der Waals surface area (Å²) in [6.45, 7) is -0.195. The van der Waals surface area contributed by atoms with Crippen molar-refractivity contribution in [1.29, 1.82) is 0 Å². The molecule has 0 aliphatic carbocycles. The van der Waals surface area contributed by atoms with E-state index in [0.717, 1.165) is 5.03 Å². The second-order valence-electron chi connectivity index (χ2n) is 2.32. The Balaban J connectivity index is 2.33. The lowest BCUT2D eigenvalue weighted by molar-refractivity contribution is 0.113. The molecule has 1 heterocycles. The zero-order valence-electron chi connectivity index (χ0n) is 6.55. The van der Waals surface area contributed by atoms with Crippen LogP contribution in [0, 0.1) is 0 Å². The Labute approximate surface area is 75.5 Å². The quantitative estimate of drug-likeness (QED) is 0.672. The number of hydrogen-bond donors (Lipinski definition) is 2. The highest BCUT2D eigenvalue weighted by atomic mass is 32.2. The molecule has 1 rings (SSSR count). The molecule has 0 fully saturated rings. The van der Waals surface area contributed by atoms with Gasteiger partial charge in [-0.15, -0.1) is 11.8 Å². The average molecular weight is 185 g/mol. The van der Waals surface area contributed by atoms with Crippen LogP contribution in [0.3, 0.4) is 0 Å². The molecule has 1 aromatic rings. The van der Waals surface area contributed by atoms with E-state index in [2.05, 4.69) is 4.98 Å². The van der Waals surface area contributed by atoms with Crippen molar-refractivity contribution >= 4 is 11.8 Å². The summed E-state index contributed by atoms with van der Waals surface area (Å²) in [5.74, 6) is 0.480. The highest BCUT2D eigenvalue weighted by Gasteiger charge is 2.02. The molecule has 1 atom stereocenters. The summed E-state index contributed by atoms with van der Waals surface area (Å²) >= 11 is 1.43. The van der Waals surface area contributed by atoms with Gasteiger partial charge in [-0.05, 0) is 12.1 Å². The Morgan fingerprint density at radius 1 is 1.50 bits per heavy atom. The van der Waals surface area contributed by atoms with Crippen molar-refractivity contribution in [1.82, 2.24) is 4.98 Å². The van der Waals surface area contributed by atoms with Crippen LogP contribution in [-0.4, -0.2) is 33.7 Å². The van der Waals surface area contributed by atoms with Gasteiger partial charge >= 0.3 is 0 Å². The molecular formula is C8H11NO2S. The first-order chi connectivity index (χ1) is 5.83. The Kier molecular flexibility index (Phi) is 4.07. The zero-order valence-corrected chi connectivity index (χ0v) is 7.37. The van der Waals surface area contributed by atoms with E-state index in [1.807, 2.05) is 18.2 Å². The topological polar surface area (TPSA) is 53.4 Å². The van der Waals surface area contributed by atoms with Crippen LogP contribution in [0.2, 0.25) is 0 Å². The highest BCUT2D eigenvalue weighted by molar-refractivity contribution is 7.99. The predicted octanol–water partition coefficient (Wildman–Crippen LogP) is 0.527. The van der Waals surface area contributed by atoms with Crippen LogP contribution in [-0.2, 0) is 0 Å². The molecule has 0 amide bonds. The molecule has 66 valence electrons. The van der Waals surface area contributed by atoms with E-state index in [4.69, 9.17) is 10.2 Å². The second kappa shape index (κ2) is 5.13. The molecule has 0 saturated heterocycles. The van der Waals surface area contributed by atoms with Crippen molar-refractivity contribution in [3.63, 3.8) is 0 Å². The molecule has 0 aromatic carbocycles. The molecule has 1 unspecified atom stereocenters. The number of rotatable bonds is 4. The first kappa shape index (κ1) is 9.51. The van der Waals surface area contributed by atoms with Gasteiger partial charge in [-0.25, -0.2) is 4.98 Å². The minimum Gasteiger partial charge on any atom is -0.394 e. The van der Waals surface area contributed by atoms with Gasteiger partial charge in [0.1, 0.15) is 0 Å². The lowest BCUT2D eigenvalue weighted by atomic mass is 10.4. The Morgan fingerprint density at radius 2 is 2.33 bits per heavy atom. The summed E-state index contributed by atoms with van der Waals surface area (Å²) in [5, 5.41) is 18.4. The van der Waals surface area contributed by atoms with Gasteiger partial charge in [-0.1, -0.05) is 6.07 Å². The van der Waals surface area contributed by atoms with Crippen LogP contribution < -0.4 is 0 Å². The summed E-state index contributed by atoms with van der Waals surface area (Å²) in [4.78, 5) is 4.06. The van der Waals surface area contributed by atoms with E-state index >= 15 is 0 Å². The van der Waals surface area contributed by atoms with Crippen LogP contribution in [0.15, 0.2) is 29.4 Å². The van der Waals surface area contributed by atoms with Gasteiger partial charge in [0.15, 0.2) is 0 Å². The van der Waals surface area contributed by atoms with Crippen molar-refractivity contribution in [2.45, 2.75) is 11.1 Å². The summed E-state index contributed by atoms with van der Waals surface area (Å²) in [6, 6.07) is 5.60. The van der Waals surface area contributed by atoms with Crippen LogP contribution >= 0.6 is 11.8 Å². The summed E-state index contributed by atoms with van der Waals surface area (Å²) in [6.07, 6.45) is 1.05. The minimum absolute atomic E-state index is 0.195. The molecule has 0 bridgehead atoms. The van der Waals surface area contributed by atoms with Gasteiger partial charge in [-0.2, -0.15) is 0 Å². The Hall–Kier alpha value is -0.580. The first-order valence-corrected chi connectivity index (χ1v) is 4.64. The normalized spacial score (nSPS) is 12.8. The van der Waals surface area contributed by atoms with Crippen molar-refractivity contribution in [3.05, 3.63) is 24.4 Å². The van der Waals surface area contributed by atoms with E-state index in [-0.39, 0.29) is 6.61 Å². The molecule has 0 spiro atoms. The number of pyridine rings is 1. The third kappa shape index (κ3) is 3.21. The third-order valence-corrected chi connectivity index (χ3v) is 2.36. The van der Waals surface area contributed by atoms with Crippen LogP contribution in [0.1, 0.15) is 0 Å². The monoisotopic (exact) mass is 185 g/mol. The van der Waals surface area contributed by atoms with Gasteiger partial charge in [-0.3, -0.25) is 0 Å². The molecule has 1 aromatic heterocycles. The number of thioether (sulfide) groups is 1. The lowest BCUT2D eigenvalue weighted by Crippen LogP contribution is -2.14. The van der Waals surface area contributed by atoms with Gasteiger partial charge < -0.3 is 10.2 Å². The molecular weight excluding hydrogens is 174 g/mol. The molecule has 12 heavy (non-hydrogen) atoms. The maximum atomic E-state index is 9.02. The first-order valence-electron chi connectivity index (χ1n) is 3.65. The molecule has 0 aliphatic rings. The predicted molar refractivity (Wildman–Crippen MR) is 48.1 cm³/mol. The maximum absolute atomic E-state index is 9.02. The van der Waals surface area contributed by atoms with Crippen molar-refractivity contribution in [2.75, 3.05) is 12.4 Å². The van der Waals surface area contributed by atoms with Gasteiger partial charge in [0.05, 0.1) is 17.7 Å². The highest BCUT2D eigenvalue weighted by Crippen LogP contribution is 2.14. The number of aromatic nitrogens is 1. The van der Waals surface area contributed by atoms with E-state index in [0.29, 0.717) is 5.75 Å². The summed E-state index contributed by atoms with van der Waals surface area (Å²) < 4.78 is 0. The summed E-state index contributed by atoms with van der Waals surface area (Å²) in [7, 11) is 0. The molecule has 2 N–H and O–H groups in total. The SMILES string of the molecule is OCC(O)CSc1ccccn1. The van der Waals surface area contributed by atoms with Crippen molar-refractivity contribution in [2.24, 2.45) is 0 Å². The lowest BCUT2D eigenvalue weighted by Gasteiger charge is -2.04. The fourth-order valence-corrected chi connectivity index (χ4v) is 1.45. The van der Waals surface area contributed by atoms with E-state index < -0.39 is 6.10 Å². The number of aliphatic hydroxyl groups excluding tert-OH is 2. The van der Waals surface area contributed by atoms with Crippen LogP contribution in [0.4, 0.5) is 0 Å². The van der Waals surface area contributed by atoms with Gasteiger partial charge in [0, 0.05) is 11.9 Å². The van der Waals surface area contributed by atoms with E-state index in [1.165, 1.54) is 11.8 Å². The summed E-state index contributed by atoms with van der Waals surface area (Å²) in [5.41, 5.74) is 0. The zero-order chi connectivity index (χ0) is 8.81. The fourth-order valence-electron chi connectivity index (χ4n) is 0.667. The molecule has 0 aliphatic heterocycles. The smallest absolute Gasteiger partial charge is 0.0960 e. The van der Waals surface area contributed by atoms with Crippen molar-refractivity contribution < 1.29 is 10.2 Å². The minimum atomic E-state index is -0.656. The second-order valence-corrected chi connectivity index (χ2v) is 3.36. The van der Waals surface area contributed by atoms with E-state index in [9.17, 15) is 0 Å². The molecule has 3 nitrogen and oxygen atoms in total. The van der Waals surface area contributed by atoms with E-state index in [1.54, 1.807) is 6.20 Å². The number of aliphatic hydroxyl groups is 2. The van der Waals surface area contributed by atoms with Crippen LogP contribution in [0.5, 0.6) is 0 Å². The molecule has 0 radical (unpaired) electrons. The largest absolute Gasteiger partial charge is 0.394 e. The maximum Gasteiger partial charge on any atom is 0.0960 e. The Bertz CT molecular complexity index is 218. The third-order valence-electron chi connectivity index (χ3n) is 1.27. The molecule has 0 saturated carbocycles. The Morgan fingerprint density at radius 3 is 2.92 bits per heavy atom.